The van der Waals surface area contributed by atoms with Gasteiger partial charge in [-0.2, -0.15) is 13.2 Å². The van der Waals surface area contributed by atoms with Crippen molar-refractivity contribution in [2.24, 2.45) is 0 Å². The van der Waals surface area contributed by atoms with Gasteiger partial charge in [0.25, 0.3) is 0 Å². The zero-order valence-corrected chi connectivity index (χ0v) is 12.4. The van der Waals surface area contributed by atoms with E-state index in [2.05, 4.69) is 21.2 Å². The second kappa shape index (κ2) is 5.91. The first-order valence-corrected chi connectivity index (χ1v) is 6.95. The van der Waals surface area contributed by atoms with E-state index < -0.39 is 11.7 Å². The number of hydrogen-bond donors (Lipinski definition) is 1. The van der Waals surface area contributed by atoms with Gasteiger partial charge < -0.3 is 9.88 Å². The number of alkyl halides is 3. The van der Waals surface area contributed by atoms with Gasteiger partial charge in [-0.1, -0.05) is 0 Å². The van der Waals surface area contributed by atoms with Crippen LogP contribution in [0.1, 0.15) is 18.2 Å². The lowest BCUT2D eigenvalue weighted by Gasteiger charge is -2.13. The number of benzene rings is 1. The molecule has 108 valence electrons. The molecule has 1 aromatic heterocycles. The Hall–Kier alpha value is -1.43. The number of hydrogen-bond acceptors (Lipinski definition) is 1. The molecule has 20 heavy (non-hydrogen) atoms. The van der Waals surface area contributed by atoms with Crippen LogP contribution >= 0.6 is 15.9 Å². The molecule has 0 atom stereocenters. The molecule has 0 fully saturated rings. The van der Waals surface area contributed by atoms with E-state index in [1.54, 1.807) is 0 Å². The fourth-order valence-electron chi connectivity index (χ4n) is 1.94. The van der Waals surface area contributed by atoms with Crippen molar-refractivity contribution in [1.29, 1.82) is 0 Å². The summed E-state index contributed by atoms with van der Waals surface area (Å²) in [7, 11) is 0. The highest BCUT2D eigenvalue weighted by Gasteiger charge is 2.30. The second-order valence-electron chi connectivity index (χ2n) is 4.33. The van der Waals surface area contributed by atoms with Gasteiger partial charge in [-0.05, 0) is 53.2 Å². The molecule has 2 nitrogen and oxygen atoms in total. The van der Waals surface area contributed by atoms with Crippen molar-refractivity contribution < 1.29 is 13.2 Å². The Bertz CT molecular complexity index is 590. The Labute approximate surface area is 123 Å². The summed E-state index contributed by atoms with van der Waals surface area (Å²) < 4.78 is 40.7. The molecule has 0 bridgehead atoms. The summed E-state index contributed by atoms with van der Waals surface area (Å²) in [5, 5.41) is 3.03. The number of rotatable bonds is 4. The topological polar surface area (TPSA) is 17.0 Å². The van der Waals surface area contributed by atoms with Crippen molar-refractivity contribution in [3.8, 4) is 0 Å². The molecule has 0 unspecified atom stereocenters. The Kier molecular flexibility index (Phi) is 4.42. The average molecular weight is 347 g/mol. The first kappa shape index (κ1) is 15.0. The van der Waals surface area contributed by atoms with Crippen LogP contribution in [0.25, 0.3) is 0 Å². The summed E-state index contributed by atoms with van der Waals surface area (Å²) in [6.45, 7) is 3.32. The molecule has 1 heterocycles. The summed E-state index contributed by atoms with van der Waals surface area (Å²) in [5.41, 5.74) is 0.801. The minimum atomic E-state index is -4.33. The Morgan fingerprint density at radius 1 is 1.25 bits per heavy atom. The number of nitrogens with one attached hydrogen (secondary N) is 1. The van der Waals surface area contributed by atoms with Gasteiger partial charge in [0.1, 0.15) is 0 Å². The zero-order valence-electron chi connectivity index (χ0n) is 10.8. The maximum Gasteiger partial charge on any atom is 0.416 e. The lowest BCUT2D eigenvalue weighted by atomic mass is 10.2. The van der Waals surface area contributed by atoms with Gasteiger partial charge in [0.05, 0.1) is 12.1 Å². The second-order valence-corrected chi connectivity index (χ2v) is 5.19. The molecule has 1 aromatic carbocycles. The first-order valence-electron chi connectivity index (χ1n) is 6.16. The van der Waals surface area contributed by atoms with Gasteiger partial charge in [-0.25, -0.2) is 0 Å². The summed E-state index contributed by atoms with van der Waals surface area (Å²) in [4.78, 5) is 0. The molecule has 0 amide bonds. The largest absolute Gasteiger partial charge is 0.416 e. The third-order valence-corrected chi connectivity index (χ3v) is 3.71. The van der Waals surface area contributed by atoms with Gasteiger partial charge in [0.15, 0.2) is 0 Å². The maximum absolute atomic E-state index is 12.7. The third kappa shape index (κ3) is 3.36. The predicted molar refractivity (Wildman–Crippen MR) is 76.6 cm³/mol. The number of halogens is 4. The molecule has 2 aromatic rings. The first-order chi connectivity index (χ1) is 9.41. The Morgan fingerprint density at radius 2 is 2.00 bits per heavy atom. The van der Waals surface area contributed by atoms with Gasteiger partial charge in [-0.3, -0.25) is 0 Å². The Morgan fingerprint density at radius 3 is 2.65 bits per heavy atom. The maximum atomic E-state index is 12.7. The minimum absolute atomic E-state index is 0.434. The molecule has 0 aliphatic heterocycles. The van der Waals surface area contributed by atoms with Gasteiger partial charge >= 0.3 is 6.18 Å². The normalized spacial score (nSPS) is 11.7. The quantitative estimate of drug-likeness (QED) is 0.832. The summed E-state index contributed by atoms with van der Waals surface area (Å²) >= 11 is 3.26. The van der Waals surface area contributed by atoms with E-state index in [4.69, 9.17) is 0 Å². The van der Waals surface area contributed by atoms with E-state index in [1.165, 1.54) is 6.07 Å². The number of aryl methyl sites for hydroxylation is 1. The fraction of sp³-hybridized carbons (Fsp3) is 0.286. The van der Waals surface area contributed by atoms with Crippen LogP contribution in [0.5, 0.6) is 0 Å². The lowest BCUT2D eigenvalue weighted by molar-refractivity contribution is -0.137. The van der Waals surface area contributed by atoms with Crippen molar-refractivity contribution >= 4 is 21.6 Å². The molecule has 6 heteroatoms. The Balaban J connectivity index is 2.17. The molecule has 1 N–H and O–H groups in total. The highest BCUT2D eigenvalue weighted by Crippen LogP contribution is 2.34. The van der Waals surface area contributed by atoms with E-state index in [-0.39, 0.29) is 0 Å². The van der Waals surface area contributed by atoms with Crippen LogP contribution < -0.4 is 5.32 Å². The van der Waals surface area contributed by atoms with Crippen molar-refractivity contribution in [2.75, 3.05) is 5.32 Å². The standard InChI is InChI=1S/C14H14BrF3N2/c1-2-20-7-3-4-11(20)9-19-13-8-10(14(16,17)18)5-6-12(13)15/h3-8,19H,2,9H2,1H3. The van der Waals surface area contributed by atoms with Crippen LogP contribution in [-0.4, -0.2) is 4.57 Å². The van der Waals surface area contributed by atoms with E-state index in [0.29, 0.717) is 16.7 Å². The van der Waals surface area contributed by atoms with Crippen molar-refractivity contribution in [2.45, 2.75) is 26.2 Å². The molecule has 0 saturated heterocycles. The highest BCUT2D eigenvalue weighted by molar-refractivity contribution is 9.10. The SMILES string of the molecule is CCn1cccc1CNc1cc(C(F)(F)F)ccc1Br. The van der Waals surface area contributed by atoms with Crippen LogP contribution in [0.3, 0.4) is 0 Å². The van der Waals surface area contributed by atoms with Crippen molar-refractivity contribution in [3.05, 3.63) is 52.3 Å². The molecule has 0 spiro atoms. The summed E-state index contributed by atoms with van der Waals surface area (Å²) in [6.07, 6.45) is -2.39. The van der Waals surface area contributed by atoms with Gasteiger partial charge in [-0.15, -0.1) is 0 Å². The fourth-order valence-corrected chi connectivity index (χ4v) is 2.33. The van der Waals surface area contributed by atoms with E-state index in [0.717, 1.165) is 24.4 Å². The van der Waals surface area contributed by atoms with Gasteiger partial charge in [0.2, 0.25) is 0 Å². The highest BCUT2D eigenvalue weighted by atomic mass is 79.9. The van der Waals surface area contributed by atoms with E-state index in [9.17, 15) is 13.2 Å². The minimum Gasteiger partial charge on any atom is -0.379 e. The van der Waals surface area contributed by atoms with E-state index >= 15 is 0 Å². The van der Waals surface area contributed by atoms with Gasteiger partial charge in [0, 0.05) is 28.6 Å². The monoisotopic (exact) mass is 346 g/mol. The molecule has 0 aliphatic rings. The number of anilines is 1. The molecular weight excluding hydrogens is 333 g/mol. The smallest absolute Gasteiger partial charge is 0.379 e. The summed E-state index contributed by atoms with van der Waals surface area (Å²) in [5.74, 6) is 0. The van der Waals surface area contributed by atoms with Crippen molar-refractivity contribution in [3.63, 3.8) is 0 Å². The van der Waals surface area contributed by atoms with Crippen LogP contribution in [-0.2, 0) is 19.3 Å². The third-order valence-electron chi connectivity index (χ3n) is 3.02. The average Bonchev–Trinajstić information content (AvgIpc) is 2.83. The molecule has 2 rings (SSSR count). The number of nitrogens with zero attached hydrogens (tertiary/aromatic N) is 1. The van der Waals surface area contributed by atoms with Crippen LogP contribution in [0, 0.1) is 0 Å². The zero-order chi connectivity index (χ0) is 14.8. The molecular formula is C14H14BrF3N2. The van der Waals surface area contributed by atoms with Crippen LogP contribution in [0.15, 0.2) is 41.0 Å². The van der Waals surface area contributed by atoms with E-state index in [1.807, 2.05) is 29.8 Å². The van der Waals surface area contributed by atoms with Crippen molar-refractivity contribution in [1.82, 2.24) is 4.57 Å². The molecule has 0 radical (unpaired) electrons. The number of aromatic nitrogens is 1. The summed E-state index contributed by atoms with van der Waals surface area (Å²) in [6, 6.07) is 7.44. The predicted octanol–water partition coefficient (Wildman–Crippen LogP) is 4.90. The lowest BCUT2D eigenvalue weighted by Crippen LogP contribution is -2.09. The molecule has 0 saturated carbocycles. The van der Waals surface area contributed by atoms with Crippen LogP contribution in [0.2, 0.25) is 0 Å². The molecule has 0 aliphatic carbocycles. The van der Waals surface area contributed by atoms with Crippen LogP contribution in [0.4, 0.5) is 18.9 Å².